The van der Waals surface area contributed by atoms with Crippen LogP contribution < -0.4 is 0 Å². The Bertz CT molecular complexity index is 4130. The molecular weight excluding hydrogens is 923 g/mol. The fourth-order valence-corrected chi connectivity index (χ4v) is 11.0. The van der Waals surface area contributed by atoms with Gasteiger partial charge in [-0.3, -0.25) is 0 Å². The van der Waals surface area contributed by atoms with Gasteiger partial charge in [0.1, 0.15) is 11.2 Å². The third-order valence-electron chi connectivity index (χ3n) is 15.2. The Morgan fingerprint density at radius 3 is 1.26 bits per heavy atom. The minimum absolute atomic E-state index is 0.0283. The molecule has 13 aromatic rings. The molecular formula is C72H57N3O. The van der Waals surface area contributed by atoms with Crippen molar-refractivity contribution in [2.75, 3.05) is 0 Å². The Morgan fingerprint density at radius 1 is 0.316 bits per heavy atom. The van der Waals surface area contributed by atoms with Crippen LogP contribution in [0.5, 0.6) is 0 Å². The van der Waals surface area contributed by atoms with Crippen LogP contribution in [0.1, 0.15) is 52.7 Å². The number of aromatic nitrogens is 3. The molecule has 13 rings (SSSR count). The Balaban J connectivity index is 1.12. The number of para-hydroxylation sites is 1. The first kappa shape index (κ1) is 46.7. The average Bonchev–Trinajstić information content (AvgIpc) is 4.00. The van der Waals surface area contributed by atoms with Crippen molar-refractivity contribution in [2.24, 2.45) is 0 Å². The van der Waals surface area contributed by atoms with Crippen molar-refractivity contribution in [3.8, 4) is 84.1 Å². The maximum atomic E-state index is 6.45. The van der Waals surface area contributed by atoms with Crippen molar-refractivity contribution >= 4 is 43.7 Å². The second-order valence-electron chi connectivity index (χ2n) is 22.2. The van der Waals surface area contributed by atoms with E-state index in [0.29, 0.717) is 5.82 Å². The van der Waals surface area contributed by atoms with Crippen LogP contribution in [0.3, 0.4) is 0 Å². The van der Waals surface area contributed by atoms with Crippen LogP contribution in [0, 0.1) is 0 Å². The van der Waals surface area contributed by atoms with Gasteiger partial charge in [0.15, 0.2) is 5.82 Å². The van der Waals surface area contributed by atoms with Gasteiger partial charge in [-0.1, -0.05) is 217 Å². The van der Waals surface area contributed by atoms with Gasteiger partial charge in [-0.2, -0.15) is 0 Å². The van der Waals surface area contributed by atoms with Crippen molar-refractivity contribution < 1.29 is 4.42 Å². The molecule has 366 valence electrons. The Hall–Kier alpha value is -9.12. The highest BCUT2D eigenvalue weighted by molar-refractivity contribution is 6.13. The predicted octanol–water partition coefficient (Wildman–Crippen LogP) is 19.7. The molecule has 0 N–H and O–H groups in total. The molecule has 0 fully saturated rings. The maximum absolute atomic E-state index is 6.45. The number of hydrogen-bond donors (Lipinski definition) is 0. The van der Waals surface area contributed by atoms with E-state index < -0.39 is 0 Å². The van der Waals surface area contributed by atoms with Gasteiger partial charge in [0.2, 0.25) is 0 Å². The highest BCUT2D eigenvalue weighted by Crippen LogP contribution is 2.46. The minimum Gasteiger partial charge on any atom is -0.456 e. The molecule has 0 aliphatic rings. The zero-order valence-electron chi connectivity index (χ0n) is 43.8. The molecule has 0 unspecified atom stereocenters. The van der Waals surface area contributed by atoms with Crippen LogP contribution in [-0.4, -0.2) is 14.5 Å². The summed E-state index contributed by atoms with van der Waals surface area (Å²) in [6.45, 7) is 13.7. The molecule has 0 spiro atoms. The second-order valence-corrected chi connectivity index (χ2v) is 22.2. The fraction of sp³-hybridized carbons (Fsp3) is 0.111. The van der Waals surface area contributed by atoms with E-state index in [1.165, 1.54) is 44.2 Å². The van der Waals surface area contributed by atoms with Crippen LogP contribution in [0.4, 0.5) is 0 Å². The Labute approximate surface area is 444 Å². The van der Waals surface area contributed by atoms with E-state index in [1.54, 1.807) is 0 Å². The van der Waals surface area contributed by atoms with E-state index in [1.807, 2.05) is 18.2 Å². The van der Waals surface area contributed by atoms with Crippen molar-refractivity contribution in [3.05, 3.63) is 248 Å². The first-order valence-electron chi connectivity index (χ1n) is 26.4. The van der Waals surface area contributed by atoms with Crippen molar-refractivity contribution in [1.29, 1.82) is 0 Å². The summed E-state index contributed by atoms with van der Waals surface area (Å²) in [4.78, 5) is 10.8. The number of nitrogens with zero attached hydrogens (tertiary/aromatic N) is 3. The van der Waals surface area contributed by atoms with Crippen LogP contribution >= 0.6 is 0 Å². The maximum Gasteiger partial charge on any atom is 0.160 e. The lowest BCUT2D eigenvalue weighted by molar-refractivity contribution is 0.590. The van der Waals surface area contributed by atoms with E-state index in [4.69, 9.17) is 14.4 Å². The molecule has 0 radical (unpaired) electrons. The Kier molecular flexibility index (Phi) is 11.3. The lowest BCUT2D eigenvalue weighted by Crippen LogP contribution is -2.10. The lowest BCUT2D eigenvalue weighted by atomic mass is 9.84. The molecule has 4 nitrogen and oxygen atoms in total. The van der Waals surface area contributed by atoms with Crippen LogP contribution in [0.2, 0.25) is 0 Å². The normalized spacial score (nSPS) is 12.1. The van der Waals surface area contributed by atoms with E-state index in [0.717, 1.165) is 89.0 Å². The number of hydrogen-bond acceptors (Lipinski definition) is 3. The summed E-state index contributed by atoms with van der Waals surface area (Å²) in [5.41, 5.74) is 21.2. The van der Waals surface area contributed by atoms with Crippen LogP contribution in [-0.2, 0) is 10.8 Å². The average molecular weight is 980 g/mol. The van der Waals surface area contributed by atoms with Gasteiger partial charge < -0.3 is 8.98 Å². The van der Waals surface area contributed by atoms with Gasteiger partial charge in [-0.15, -0.1) is 0 Å². The highest BCUT2D eigenvalue weighted by Gasteiger charge is 2.25. The molecule has 0 aliphatic heterocycles. The lowest BCUT2D eigenvalue weighted by Gasteiger charge is -2.23. The number of benzene rings is 10. The largest absolute Gasteiger partial charge is 0.456 e. The molecule has 0 saturated carbocycles. The van der Waals surface area contributed by atoms with Gasteiger partial charge in [-0.05, 0) is 116 Å². The monoisotopic (exact) mass is 979 g/mol. The first-order chi connectivity index (χ1) is 36.9. The third-order valence-corrected chi connectivity index (χ3v) is 15.2. The summed E-state index contributed by atoms with van der Waals surface area (Å²) in [7, 11) is 0. The zero-order valence-corrected chi connectivity index (χ0v) is 43.8. The number of furan rings is 1. The molecule has 0 amide bonds. The minimum atomic E-state index is -0.0283. The summed E-state index contributed by atoms with van der Waals surface area (Å²) >= 11 is 0. The quantitative estimate of drug-likeness (QED) is 0.152. The molecule has 3 heterocycles. The SMILES string of the molecule is CC(C)(C)c1ccc(-c2cc(-c3cc(-c4ccc5c(c4)oc4ccccc45)nc(-c4ccccc4)n3)cc(-c3ccc(C(C)(C)C)cc3)c2-n2c3ccc(-c4ccccc4)cc3c3cc(-c4ccccc4)ccc32)cc1. The van der Waals surface area contributed by atoms with E-state index in [2.05, 4.69) is 264 Å². The third kappa shape index (κ3) is 8.46. The van der Waals surface area contributed by atoms with Gasteiger partial charge in [0.25, 0.3) is 0 Å². The van der Waals surface area contributed by atoms with Gasteiger partial charge in [0, 0.05) is 49.4 Å². The molecule has 0 bridgehead atoms. The van der Waals surface area contributed by atoms with Gasteiger partial charge in [0.05, 0.1) is 28.1 Å². The number of fused-ring (bicyclic) bond motifs is 6. The van der Waals surface area contributed by atoms with Crippen molar-refractivity contribution in [1.82, 2.24) is 14.5 Å². The number of rotatable bonds is 8. The topological polar surface area (TPSA) is 43.9 Å². The molecule has 0 aliphatic carbocycles. The van der Waals surface area contributed by atoms with E-state index in [9.17, 15) is 0 Å². The molecule has 3 aromatic heterocycles. The first-order valence-corrected chi connectivity index (χ1v) is 26.4. The standard InChI is InChI=1S/C72H57N3O/c1-71(2,3)55-33-26-48(27-34-55)59-42-54(64-45-63(73-70(74-64)50-22-14-9-15-23-50)53-30-37-58-57-24-16-17-25-67(57)76-68(58)44-53)43-60(49-28-35-56(36-29-49)72(4,5)6)69(59)75-65-38-31-51(46-18-10-7-11-19-46)40-61(65)62-41-52(32-39-66(62)75)47-20-12-8-13-21-47/h7-45H,1-6H3. The van der Waals surface area contributed by atoms with Crippen molar-refractivity contribution in [3.63, 3.8) is 0 Å². The molecule has 0 atom stereocenters. The summed E-state index contributed by atoms with van der Waals surface area (Å²) in [6.07, 6.45) is 0. The fourth-order valence-electron chi connectivity index (χ4n) is 11.0. The summed E-state index contributed by atoms with van der Waals surface area (Å²) in [6, 6.07) is 85.8. The van der Waals surface area contributed by atoms with Gasteiger partial charge in [-0.25, -0.2) is 9.97 Å². The smallest absolute Gasteiger partial charge is 0.160 e. The molecule has 4 heteroatoms. The molecule has 0 saturated heterocycles. The summed E-state index contributed by atoms with van der Waals surface area (Å²) in [5.74, 6) is 0.653. The molecule has 10 aromatic carbocycles. The zero-order chi connectivity index (χ0) is 51.7. The van der Waals surface area contributed by atoms with Gasteiger partial charge >= 0.3 is 0 Å². The molecule has 76 heavy (non-hydrogen) atoms. The van der Waals surface area contributed by atoms with E-state index in [-0.39, 0.29) is 10.8 Å². The Morgan fingerprint density at radius 2 is 0.750 bits per heavy atom. The van der Waals surface area contributed by atoms with E-state index >= 15 is 0 Å². The summed E-state index contributed by atoms with van der Waals surface area (Å²) < 4.78 is 8.98. The van der Waals surface area contributed by atoms with Crippen LogP contribution in [0.15, 0.2) is 241 Å². The van der Waals surface area contributed by atoms with Crippen LogP contribution in [0.25, 0.3) is 128 Å². The predicted molar refractivity (Wildman–Crippen MR) is 319 cm³/mol. The second kappa shape index (κ2) is 18.4. The highest BCUT2D eigenvalue weighted by atomic mass is 16.3. The van der Waals surface area contributed by atoms with Crippen molar-refractivity contribution in [2.45, 2.75) is 52.4 Å². The summed E-state index contributed by atoms with van der Waals surface area (Å²) in [5, 5.41) is 4.56.